The predicted octanol–water partition coefficient (Wildman–Crippen LogP) is -0.994. The Morgan fingerprint density at radius 1 is 2.00 bits per heavy atom. The SMILES string of the molecule is NC(=O)[CH]O. The van der Waals surface area contributed by atoms with Crippen molar-refractivity contribution in [2.24, 2.45) is 5.73 Å². The average Bonchev–Trinajstić information content (AvgIpc) is 1.38. The number of rotatable bonds is 1. The van der Waals surface area contributed by atoms with E-state index in [0.717, 1.165) is 0 Å². The summed E-state index contributed by atoms with van der Waals surface area (Å²) >= 11 is 0. The van der Waals surface area contributed by atoms with Gasteiger partial charge in [-0.25, -0.2) is 0 Å². The minimum Gasteiger partial charge on any atom is -0.380 e. The Hall–Kier alpha value is -0.570. The molecule has 0 unspecified atom stereocenters. The molecule has 0 heterocycles. The zero-order valence-electron chi connectivity index (χ0n) is 2.51. The average molecular weight is 74.1 g/mol. The number of primary amides is 1. The molecule has 1 amide bonds. The third-order valence-corrected chi connectivity index (χ3v) is 0.127. The smallest absolute Gasteiger partial charge is 0.249 e. The zero-order valence-corrected chi connectivity index (χ0v) is 2.51. The minimum absolute atomic E-state index is 0.306. The maximum Gasteiger partial charge on any atom is 0.249 e. The summed E-state index contributed by atoms with van der Waals surface area (Å²) in [5.74, 6) is -0.815. The van der Waals surface area contributed by atoms with E-state index < -0.39 is 5.91 Å². The second-order valence-corrected chi connectivity index (χ2v) is 0.531. The molecule has 0 aromatic heterocycles. The van der Waals surface area contributed by atoms with E-state index in [-0.39, 0.29) is 0 Å². The maximum absolute atomic E-state index is 9.28. The van der Waals surface area contributed by atoms with Gasteiger partial charge in [-0.3, -0.25) is 4.79 Å². The van der Waals surface area contributed by atoms with Crippen LogP contribution in [0, 0.1) is 6.61 Å². The van der Waals surface area contributed by atoms with Gasteiger partial charge in [0.15, 0.2) is 6.61 Å². The van der Waals surface area contributed by atoms with Crippen molar-refractivity contribution < 1.29 is 9.90 Å². The van der Waals surface area contributed by atoms with Gasteiger partial charge in [-0.1, -0.05) is 0 Å². The van der Waals surface area contributed by atoms with Crippen LogP contribution in [0.3, 0.4) is 0 Å². The fraction of sp³-hybridized carbons (Fsp3) is 0. The monoisotopic (exact) mass is 74.0 g/mol. The molecule has 0 bridgehead atoms. The predicted molar refractivity (Wildman–Crippen MR) is 15.4 cm³/mol. The lowest BCUT2D eigenvalue weighted by molar-refractivity contribution is -0.117. The molecule has 3 nitrogen and oxygen atoms in total. The summed E-state index contributed by atoms with van der Waals surface area (Å²) in [6.45, 7) is 0.306. The number of aliphatic hydroxyl groups is 1. The highest BCUT2D eigenvalue weighted by atomic mass is 16.3. The quantitative estimate of drug-likeness (QED) is 0.419. The highest BCUT2D eigenvalue weighted by Gasteiger charge is 1.80. The third kappa shape index (κ3) is 3.43. The van der Waals surface area contributed by atoms with E-state index in [9.17, 15) is 4.79 Å². The van der Waals surface area contributed by atoms with E-state index in [1.807, 2.05) is 0 Å². The second-order valence-electron chi connectivity index (χ2n) is 0.531. The van der Waals surface area contributed by atoms with Crippen molar-refractivity contribution in [3.8, 4) is 0 Å². The number of aliphatic hydroxyl groups excluding tert-OH is 1. The molecule has 1 radical (unpaired) electrons. The van der Waals surface area contributed by atoms with Crippen LogP contribution in [0.2, 0.25) is 0 Å². The van der Waals surface area contributed by atoms with Crippen LogP contribution >= 0.6 is 0 Å². The molecule has 0 spiro atoms. The molecule has 0 aliphatic rings. The summed E-state index contributed by atoms with van der Waals surface area (Å²) < 4.78 is 0. The van der Waals surface area contributed by atoms with Crippen LogP contribution in [0.25, 0.3) is 0 Å². The van der Waals surface area contributed by atoms with Crippen molar-refractivity contribution in [1.82, 2.24) is 0 Å². The minimum atomic E-state index is -0.815. The lowest BCUT2D eigenvalue weighted by atomic mass is 10.7. The summed E-state index contributed by atoms with van der Waals surface area (Å²) in [4.78, 5) is 9.28. The third-order valence-electron chi connectivity index (χ3n) is 0.127. The van der Waals surface area contributed by atoms with Crippen LogP contribution < -0.4 is 5.73 Å². The molecule has 0 rings (SSSR count). The molecule has 0 aromatic rings. The van der Waals surface area contributed by atoms with E-state index in [0.29, 0.717) is 6.61 Å². The van der Waals surface area contributed by atoms with Gasteiger partial charge in [-0.05, 0) is 0 Å². The van der Waals surface area contributed by atoms with Crippen LogP contribution in [0.1, 0.15) is 0 Å². The molecule has 0 saturated heterocycles. The fourth-order valence-corrected chi connectivity index (χ4v) is 0. The number of nitrogens with two attached hydrogens (primary N) is 1. The zero-order chi connectivity index (χ0) is 4.28. The molecule has 0 aliphatic heterocycles. The van der Waals surface area contributed by atoms with E-state index >= 15 is 0 Å². The van der Waals surface area contributed by atoms with Gasteiger partial charge in [0.05, 0.1) is 0 Å². The van der Waals surface area contributed by atoms with Gasteiger partial charge in [0.2, 0.25) is 5.91 Å². The molecule has 29 valence electrons. The van der Waals surface area contributed by atoms with Crippen molar-refractivity contribution in [1.29, 1.82) is 0 Å². The number of carbonyl (C=O) groups is 1. The lowest BCUT2D eigenvalue weighted by Crippen LogP contribution is -2.09. The molecule has 0 aliphatic carbocycles. The van der Waals surface area contributed by atoms with Gasteiger partial charge in [0.1, 0.15) is 0 Å². The highest BCUT2D eigenvalue weighted by Crippen LogP contribution is 1.53. The van der Waals surface area contributed by atoms with Crippen molar-refractivity contribution >= 4 is 5.91 Å². The van der Waals surface area contributed by atoms with Crippen molar-refractivity contribution in [2.75, 3.05) is 0 Å². The van der Waals surface area contributed by atoms with Crippen LogP contribution in [0.5, 0.6) is 0 Å². The number of carbonyl (C=O) groups excluding carboxylic acids is 1. The largest absolute Gasteiger partial charge is 0.380 e. The Morgan fingerprint density at radius 2 is 2.20 bits per heavy atom. The molecule has 3 heteroatoms. The van der Waals surface area contributed by atoms with Gasteiger partial charge >= 0.3 is 0 Å². The van der Waals surface area contributed by atoms with Crippen LogP contribution in [-0.4, -0.2) is 11.0 Å². The van der Waals surface area contributed by atoms with Gasteiger partial charge in [-0.2, -0.15) is 0 Å². The first-order valence-corrected chi connectivity index (χ1v) is 1.04. The normalized spacial score (nSPS) is 7.40. The van der Waals surface area contributed by atoms with Gasteiger partial charge in [0.25, 0.3) is 0 Å². The first-order valence-electron chi connectivity index (χ1n) is 1.04. The highest BCUT2D eigenvalue weighted by molar-refractivity contribution is 5.80. The van der Waals surface area contributed by atoms with E-state index in [2.05, 4.69) is 5.73 Å². The van der Waals surface area contributed by atoms with Crippen molar-refractivity contribution in [3.05, 3.63) is 6.61 Å². The first kappa shape index (κ1) is 4.43. The van der Waals surface area contributed by atoms with Crippen LogP contribution in [0.4, 0.5) is 0 Å². The maximum atomic E-state index is 9.28. The topological polar surface area (TPSA) is 63.3 Å². The number of hydrogen-bond acceptors (Lipinski definition) is 2. The Balaban J connectivity index is 2.85. The second kappa shape index (κ2) is 1.72. The van der Waals surface area contributed by atoms with E-state index in [4.69, 9.17) is 5.11 Å². The first-order chi connectivity index (χ1) is 2.27. The molecular formula is C2H4NO2. The van der Waals surface area contributed by atoms with E-state index in [1.54, 1.807) is 0 Å². The standard InChI is InChI=1S/C2H4NO2/c3-2(5)1-4/h1,4H,(H2,3,5). The summed E-state index contributed by atoms with van der Waals surface area (Å²) in [7, 11) is 0. The Kier molecular flexibility index (Phi) is 1.53. The summed E-state index contributed by atoms with van der Waals surface area (Å²) in [5.41, 5.74) is 4.35. The molecule has 0 atom stereocenters. The summed E-state index contributed by atoms with van der Waals surface area (Å²) in [5, 5.41) is 7.54. The lowest BCUT2D eigenvalue weighted by Gasteiger charge is -1.72. The molecule has 3 N–H and O–H groups in total. The van der Waals surface area contributed by atoms with Gasteiger partial charge in [0, 0.05) is 0 Å². The van der Waals surface area contributed by atoms with Crippen molar-refractivity contribution in [3.63, 3.8) is 0 Å². The molecule has 5 heavy (non-hydrogen) atoms. The van der Waals surface area contributed by atoms with Crippen LogP contribution in [0.15, 0.2) is 0 Å². The number of hydrogen-bond donors (Lipinski definition) is 2. The molecule has 0 aromatic carbocycles. The molecule has 0 saturated carbocycles. The van der Waals surface area contributed by atoms with Gasteiger partial charge < -0.3 is 10.8 Å². The van der Waals surface area contributed by atoms with Crippen LogP contribution in [-0.2, 0) is 4.79 Å². The summed E-state index contributed by atoms with van der Waals surface area (Å²) in [6, 6.07) is 0. The Morgan fingerprint density at radius 3 is 2.20 bits per heavy atom. The fourth-order valence-electron chi connectivity index (χ4n) is 0. The Labute approximate surface area is 29.4 Å². The molecular weight excluding hydrogens is 70.0 g/mol. The summed E-state index contributed by atoms with van der Waals surface area (Å²) in [6.07, 6.45) is 0. The van der Waals surface area contributed by atoms with E-state index in [1.165, 1.54) is 0 Å². The Bertz CT molecular complexity index is 42.9. The van der Waals surface area contributed by atoms with Gasteiger partial charge in [-0.15, -0.1) is 0 Å². The van der Waals surface area contributed by atoms with Crippen molar-refractivity contribution in [2.45, 2.75) is 0 Å². The molecule has 0 fully saturated rings. The number of amides is 1.